The van der Waals surface area contributed by atoms with Crippen molar-refractivity contribution in [1.82, 2.24) is 5.32 Å². The monoisotopic (exact) mass is 490 g/mol. The highest BCUT2D eigenvalue weighted by molar-refractivity contribution is 5.95. The maximum Gasteiger partial charge on any atom is 0.241 e. The van der Waals surface area contributed by atoms with Crippen LogP contribution in [0.2, 0.25) is 0 Å². The number of hydrogen-bond donors (Lipinski definition) is 3. The molecule has 1 aliphatic heterocycles. The Morgan fingerprint density at radius 1 is 0.917 bits per heavy atom. The molecule has 1 aliphatic carbocycles. The molecule has 2 aromatic rings. The predicted octanol–water partition coefficient (Wildman–Crippen LogP) is 7.02. The predicted molar refractivity (Wildman–Crippen MR) is 150 cm³/mol. The zero-order valence-electron chi connectivity index (χ0n) is 23.2. The largest absolute Gasteiger partial charge is 0.507 e. The highest BCUT2D eigenvalue weighted by Crippen LogP contribution is 2.40. The summed E-state index contributed by atoms with van der Waals surface area (Å²) in [6, 6.07) is 12.9. The number of aromatic hydroxyl groups is 1. The molecule has 0 spiro atoms. The van der Waals surface area contributed by atoms with Gasteiger partial charge in [0.2, 0.25) is 5.91 Å². The Hall–Kier alpha value is -2.33. The Kier molecular flexibility index (Phi) is 7.85. The zero-order chi connectivity index (χ0) is 26.1. The van der Waals surface area contributed by atoms with Crippen LogP contribution in [-0.2, 0) is 28.5 Å². The Morgan fingerprint density at radius 2 is 1.56 bits per heavy atom. The molecule has 4 rings (SSSR count). The van der Waals surface area contributed by atoms with Gasteiger partial charge in [-0.3, -0.25) is 4.79 Å². The van der Waals surface area contributed by atoms with Gasteiger partial charge >= 0.3 is 0 Å². The van der Waals surface area contributed by atoms with Gasteiger partial charge in [-0.05, 0) is 83.6 Å². The van der Waals surface area contributed by atoms with E-state index in [2.05, 4.69) is 76.4 Å². The third-order valence-electron chi connectivity index (χ3n) is 8.21. The van der Waals surface area contributed by atoms with Gasteiger partial charge in [0.1, 0.15) is 5.75 Å². The fraction of sp³-hybridized carbons (Fsp3) is 0.594. The Morgan fingerprint density at radius 3 is 2.22 bits per heavy atom. The van der Waals surface area contributed by atoms with Gasteiger partial charge in [0.25, 0.3) is 0 Å². The fourth-order valence-electron chi connectivity index (χ4n) is 6.04. The van der Waals surface area contributed by atoms with E-state index in [-0.39, 0.29) is 22.8 Å². The Labute approximate surface area is 218 Å². The Bertz CT molecular complexity index is 1040. The molecule has 0 bridgehead atoms. The van der Waals surface area contributed by atoms with Crippen LogP contribution >= 0.6 is 0 Å². The Balaban J connectivity index is 1.49. The van der Waals surface area contributed by atoms with Crippen LogP contribution in [0.25, 0.3) is 0 Å². The van der Waals surface area contributed by atoms with Crippen LogP contribution in [0.3, 0.4) is 0 Å². The van der Waals surface area contributed by atoms with Crippen molar-refractivity contribution in [3.8, 4) is 5.75 Å². The molecule has 4 nitrogen and oxygen atoms in total. The molecular weight excluding hydrogens is 444 g/mol. The van der Waals surface area contributed by atoms with E-state index in [9.17, 15) is 9.90 Å². The molecule has 4 heteroatoms. The standard InChI is InChI=1S/C32H46N2O2/c1-31(2,3)24-19-21(20-25(29(24)35)32(4,5)6)15-16-22-11-8-10-14-27(22)34-30(36)28-18-17-23-12-7-9-13-26(23)33-28/h8,10-11,14,19-20,23,26,28,33,35H,7,9,12-13,15-18H2,1-6H3,(H,34,36). The summed E-state index contributed by atoms with van der Waals surface area (Å²) in [5, 5.41) is 18.0. The van der Waals surface area contributed by atoms with Gasteiger partial charge in [-0.2, -0.15) is 0 Å². The number of rotatable bonds is 5. The van der Waals surface area contributed by atoms with E-state index in [4.69, 9.17) is 0 Å². The van der Waals surface area contributed by atoms with Crippen molar-refractivity contribution in [2.75, 3.05) is 5.32 Å². The number of fused-ring (bicyclic) bond motifs is 1. The van der Waals surface area contributed by atoms with E-state index >= 15 is 0 Å². The van der Waals surface area contributed by atoms with Crippen molar-refractivity contribution in [2.24, 2.45) is 5.92 Å². The molecule has 0 radical (unpaired) electrons. The van der Waals surface area contributed by atoms with Crippen LogP contribution in [0.15, 0.2) is 36.4 Å². The topological polar surface area (TPSA) is 61.4 Å². The van der Waals surface area contributed by atoms with Gasteiger partial charge in [0.05, 0.1) is 6.04 Å². The molecule has 196 valence electrons. The fourth-order valence-corrected chi connectivity index (χ4v) is 6.04. The van der Waals surface area contributed by atoms with Gasteiger partial charge in [0.15, 0.2) is 0 Å². The molecule has 1 saturated heterocycles. The molecule has 1 amide bonds. The SMILES string of the molecule is CC(C)(C)c1cc(CCc2ccccc2NC(=O)C2CCC3CCCCC3N2)cc(C(C)(C)C)c1O. The number of carbonyl (C=O) groups is 1. The summed E-state index contributed by atoms with van der Waals surface area (Å²) in [7, 11) is 0. The van der Waals surface area contributed by atoms with Gasteiger partial charge < -0.3 is 15.7 Å². The smallest absolute Gasteiger partial charge is 0.241 e. The summed E-state index contributed by atoms with van der Waals surface area (Å²) in [4.78, 5) is 13.2. The van der Waals surface area contributed by atoms with Crippen LogP contribution in [-0.4, -0.2) is 23.1 Å². The minimum absolute atomic E-state index is 0.0983. The number of carbonyl (C=O) groups excluding carboxylic acids is 1. The van der Waals surface area contributed by atoms with Crippen LogP contribution in [0.1, 0.15) is 102 Å². The van der Waals surface area contributed by atoms with E-state index in [1.165, 1.54) is 31.2 Å². The average molecular weight is 491 g/mol. The highest BCUT2D eigenvalue weighted by atomic mass is 16.3. The molecule has 3 atom stereocenters. The van der Waals surface area contributed by atoms with Crippen molar-refractivity contribution in [1.29, 1.82) is 0 Å². The van der Waals surface area contributed by atoms with Crippen molar-refractivity contribution >= 4 is 11.6 Å². The normalized spacial score (nSPS) is 22.7. The molecule has 3 N–H and O–H groups in total. The van der Waals surface area contributed by atoms with Crippen molar-refractivity contribution < 1.29 is 9.90 Å². The van der Waals surface area contributed by atoms with E-state index in [1.54, 1.807) is 0 Å². The lowest BCUT2D eigenvalue weighted by Crippen LogP contribution is -2.53. The lowest BCUT2D eigenvalue weighted by molar-refractivity contribution is -0.119. The first-order valence-corrected chi connectivity index (χ1v) is 13.9. The number of amides is 1. The molecule has 0 aromatic heterocycles. The number of para-hydroxylation sites is 1. The van der Waals surface area contributed by atoms with Crippen molar-refractivity contribution in [2.45, 2.75) is 116 Å². The number of aryl methyl sites for hydroxylation is 2. The van der Waals surface area contributed by atoms with Crippen LogP contribution in [0.4, 0.5) is 5.69 Å². The lowest BCUT2D eigenvalue weighted by Gasteiger charge is -2.39. The third kappa shape index (κ3) is 6.14. The van der Waals surface area contributed by atoms with E-state index < -0.39 is 0 Å². The number of nitrogens with one attached hydrogen (secondary N) is 2. The van der Waals surface area contributed by atoms with Crippen LogP contribution in [0, 0.1) is 5.92 Å². The summed E-state index contributed by atoms with van der Waals surface area (Å²) >= 11 is 0. The number of hydrogen-bond acceptors (Lipinski definition) is 3. The molecule has 1 saturated carbocycles. The summed E-state index contributed by atoms with van der Waals surface area (Å²) in [5.41, 5.74) is 5.00. The molecule has 2 aliphatic rings. The maximum atomic E-state index is 13.2. The van der Waals surface area contributed by atoms with Crippen molar-refractivity contribution in [3.05, 3.63) is 58.7 Å². The molecule has 1 heterocycles. The summed E-state index contributed by atoms with van der Waals surface area (Å²) < 4.78 is 0. The zero-order valence-corrected chi connectivity index (χ0v) is 23.2. The quantitative estimate of drug-likeness (QED) is 0.422. The molecular formula is C32H46N2O2. The van der Waals surface area contributed by atoms with Crippen LogP contribution in [0.5, 0.6) is 5.75 Å². The minimum atomic E-state index is -0.143. The highest BCUT2D eigenvalue weighted by Gasteiger charge is 2.34. The number of phenols is 1. The van der Waals surface area contributed by atoms with Gasteiger partial charge in [-0.1, -0.05) is 84.7 Å². The molecule has 3 unspecified atom stereocenters. The first-order valence-electron chi connectivity index (χ1n) is 13.9. The third-order valence-corrected chi connectivity index (χ3v) is 8.21. The maximum absolute atomic E-state index is 13.2. The first kappa shape index (κ1) is 26.7. The molecule has 2 fully saturated rings. The van der Waals surface area contributed by atoms with Gasteiger partial charge in [-0.15, -0.1) is 0 Å². The second-order valence-corrected chi connectivity index (χ2v) is 13.1. The van der Waals surface area contributed by atoms with E-state index in [0.717, 1.165) is 54.0 Å². The summed E-state index contributed by atoms with van der Waals surface area (Å²) in [6.45, 7) is 12.9. The number of phenolic OH excluding ortho intramolecular Hbond substituents is 1. The second-order valence-electron chi connectivity index (χ2n) is 13.1. The number of benzene rings is 2. The first-order chi connectivity index (χ1) is 16.9. The summed E-state index contributed by atoms with van der Waals surface area (Å²) in [6.07, 6.45) is 8.88. The van der Waals surface area contributed by atoms with E-state index in [0.29, 0.717) is 11.8 Å². The van der Waals surface area contributed by atoms with Gasteiger partial charge in [-0.25, -0.2) is 0 Å². The van der Waals surface area contributed by atoms with Crippen molar-refractivity contribution in [3.63, 3.8) is 0 Å². The minimum Gasteiger partial charge on any atom is -0.507 e. The number of anilines is 1. The lowest BCUT2D eigenvalue weighted by atomic mass is 9.77. The summed E-state index contributed by atoms with van der Waals surface area (Å²) in [5.74, 6) is 1.27. The molecule has 36 heavy (non-hydrogen) atoms. The van der Waals surface area contributed by atoms with E-state index in [1.807, 2.05) is 12.1 Å². The number of piperidine rings is 1. The second kappa shape index (κ2) is 10.6. The van der Waals surface area contributed by atoms with Gasteiger partial charge in [0, 0.05) is 11.7 Å². The molecule has 2 aromatic carbocycles. The average Bonchev–Trinajstić information content (AvgIpc) is 2.82. The van der Waals surface area contributed by atoms with Crippen LogP contribution < -0.4 is 10.6 Å².